The van der Waals surface area contributed by atoms with Crippen molar-refractivity contribution in [3.05, 3.63) is 89.6 Å². The minimum Gasteiger partial charge on any atom is -0.489 e. The van der Waals surface area contributed by atoms with Gasteiger partial charge in [-0.25, -0.2) is 4.39 Å². The molecule has 0 radical (unpaired) electrons. The largest absolute Gasteiger partial charge is 0.489 e. The Hall–Kier alpha value is -2.59. The Balaban J connectivity index is 1.57. The van der Waals surface area contributed by atoms with Crippen LogP contribution in [0, 0.1) is 5.82 Å². The molecule has 4 heteroatoms. The number of hydrogen-bond donors (Lipinski definition) is 1. The number of nitrogens with one attached hydrogen (secondary N) is 1. The second-order valence-corrected chi connectivity index (χ2v) is 5.21. The van der Waals surface area contributed by atoms with Gasteiger partial charge in [-0.05, 0) is 35.9 Å². The van der Waals surface area contributed by atoms with Crippen LogP contribution in [0.25, 0.3) is 0 Å². The molecule has 0 bridgehead atoms. The number of ether oxygens (including phenoxy) is 1. The monoisotopic (exact) mass is 311 g/mol. The molecule has 0 unspecified atom stereocenters. The lowest BCUT2D eigenvalue weighted by Crippen LogP contribution is -2.13. The number of para-hydroxylation sites is 1. The van der Waals surface area contributed by atoms with Gasteiger partial charge in [0.1, 0.15) is 23.9 Å². The van der Waals surface area contributed by atoms with Crippen LogP contribution >= 0.6 is 0 Å². The van der Waals surface area contributed by atoms with Crippen molar-refractivity contribution in [2.45, 2.75) is 19.7 Å². The molecule has 3 nitrogen and oxygen atoms in total. The van der Waals surface area contributed by atoms with E-state index in [9.17, 15) is 4.39 Å². The van der Waals surface area contributed by atoms with Gasteiger partial charge in [0.05, 0.1) is 12.8 Å². The Morgan fingerprint density at radius 1 is 0.913 bits per heavy atom. The van der Waals surface area contributed by atoms with Crippen LogP contribution in [0.2, 0.25) is 0 Å². The third kappa shape index (κ3) is 4.44. The van der Waals surface area contributed by atoms with Crippen molar-refractivity contribution < 1.29 is 13.5 Å². The Morgan fingerprint density at radius 2 is 1.74 bits per heavy atom. The molecule has 2 aromatic carbocycles. The van der Waals surface area contributed by atoms with Crippen molar-refractivity contribution in [3.8, 4) is 5.75 Å². The summed E-state index contributed by atoms with van der Waals surface area (Å²) >= 11 is 0. The van der Waals surface area contributed by atoms with Gasteiger partial charge in [-0.1, -0.05) is 30.3 Å². The molecule has 0 saturated heterocycles. The van der Waals surface area contributed by atoms with Crippen LogP contribution in [0.15, 0.2) is 71.3 Å². The molecule has 0 amide bonds. The summed E-state index contributed by atoms with van der Waals surface area (Å²) in [6.07, 6.45) is 1.66. The van der Waals surface area contributed by atoms with Crippen molar-refractivity contribution in [2.75, 3.05) is 0 Å². The maximum atomic E-state index is 12.9. The molecule has 3 aromatic rings. The van der Waals surface area contributed by atoms with E-state index < -0.39 is 0 Å². The topological polar surface area (TPSA) is 34.4 Å². The third-order valence-corrected chi connectivity index (χ3v) is 3.47. The van der Waals surface area contributed by atoms with Gasteiger partial charge in [0.2, 0.25) is 0 Å². The number of halogens is 1. The molecule has 0 spiro atoms. The first-order chi connectivity index (χ1) is 11.3. The molecular formula is C19H18FNO2. The van der Waals surface area contributed by atoms with Crippen LogP contribution in [-0.2, 0) is 19.7 Å². The molecule has 118 valence electrons. The fraction of sp³-hybridized carbons (Fsp3) is 0.158. The second-order valence-electron chi connectivity index (χ2n) is 5.21. The van der Waals surface area contributed by atoms with Gasteiger partial charge in [-0.15, -0.1) is 0 Å². The fourth-order valence-corrected chi connectivity index (χ4v) is 2.27. The third-order valence-electron chi connectivity index (χ3n) is 3.47. The highest BCUT2D eigenvalue weighted by atomic mass is 19.1. The van der Waals surface area contributed by atoms with E-state index >= 15 is 0 Å². The first kappa shape index (κ1) is 15.3. The average molecular weight is 311 g/mol. The zero-order valence-electron chi connectivity index (χ0n) is 12.7. The molecule has 0 saturated carbocycles. The molecule has 0 aliphatic rings. The summed E-state index contributed by atoms with van der Waals surface area (Å²) in [7, 11) is 0. The van der Waals surface area contributed by atoms with Crippen LogP contribution < -0.4 is 10.1 Å². The predicted octanol–water partition coefficient (Wildman–Crippen LogP) is 4.29. The van der Waals surface area contributed by atoms with Crippen molar-refractivity contribution in [2.24, 2.45) is 0 Å². The number of rotatable bonds is 7. The molecular weight excluding hydrogens is 293 g/mol. The standard InChI is InChI=1S/C19H18FNO2/c20-17-9-7-15(8-10-17)14-23-19-6-2-1-4-16(19)12-21-13-18-5-3-11-22-18/h1-11,21H,12-14H2. The maximum Gasteiger partial charge on any atom is 0.124 e. The van der Waals surface area contributed by atoms with Gasteiger partial charge in [0.25, 0.3) is 0 Å². The van der Waals surface area contributed by atoms with Crippen LogP contribution in [-0.4, -0.2) is 0 Å². The Kier molecular flexibility index (Phi) is 5.06. The van der Waals surface area contributed by atoms with Crippen molar-refractivity contribution >= 4 is 0 Å². The lowest BCUT2D eigenvalue weighted by molar-refractivity contribution is 0.301. The lowest BCUT2D eigenvalue weighted by atomic mass is 10.2. The van der Waals surface area contributed by atoms with Crippen LogP contribution in [0.1, 0.15) is 16.9 Å². The van der Waals surface area contributed by atoms with Gasteiger partial charge >= 0.3 is 0 Å². The smallest absolute Gasteiger partial charge is 0.124 e. The van der Waals surface area contributed by atoms with Gasteiger partial charge in [-0.2, -0.15) is 0 Å². The Bertz CT molecular complexity index is 723. The Labute approximate surface area is 134 Å². The van der Waals surface area contributed by atoms with Gasteiger partial charge in [0, 0.05) is 12.1 Å². The number of hydrogen-bond acceptors (Lipinski definition) is 3. The molecule has 3 rings (SSSR count). The van der Waals surface area contributed by atoms with Crippen molar-refractivity contribution in [3.63, 3.8) is 0 Å². The highest BCUT2D eigenvalue weighted by Crippen LogP contribution is 2.19. The van der Waals surface area contributed by atoms with Gasteiger partial charge in [-0.3, -0.25) is 0 Å². The highest BCUT2D eigenvalue weighted by Gasteiger charge is 2.04. The summed E-state index contributed by atoms with van der Waals surface area (Å²) in [6, 6.07) is 18.0. The van der Waals surface area contributed by atoms with Crippen LogP contribution in [0.4, 0.5) is 4.39 Å². The van der Waals surface area contributed by atoms with E-state index in [2.05, 4.69) is 5.32 Å². The summed E-state index contributed by atoms with van der Waals surface area (Å²) in [5.41, 5.74) is 2.01. The average Bonchev–Trinajstić information content (AvgIpc) is 3.09. The minimum atomic E-state index is -0.240. The molecule has 0 fully saturated rings. The van der Waals surface area contributed by atoms with E-state index in [0.29, 0.717) is 19.7 Å². The molecule has 1 aromatic heterocycles. The van der Waals surface area contributed by atoms with E-state index in [-0.39, 0.29) is 5.82 Å². The van der Waals surface area contributed by atoms with Crippen molar-refractivity contribution in [1.82, 2.24) is 5.32 Å². The minimum absolute atomic E-state index is 0.240. The molecule has 0 aliphatic carbocycles. The van der Waals surface area contributed by atoms with E-state index in [1.807, 2.05) is 36.4 Å². The predicted molar refractivity (Wildman–Crippen MR) is 86.4 cm³/mol. The van der Waals surface area contributed by atoms with Crippen LogP contribution in [0.3, 0.4) is 0 Å². The summed E-state index contributed by atoms with van der Waals surface area (Å²) in [6.45, 7) is 1.76. The van der Waals surface area contributed by atoms with E-state index in [0.717, 1.165) is 22.6 Å². The van der Waals surface area contributed by atoms with Gasteiger partial charge in [0.15, 0.2) is 0 Å². The SMILES string of the molecule is Fc1ccc(COc2ccccc2CNCc2ccco2)cc1. The zero-order chi connectivity index (χ0) is 15.9. The second kappa shape index (κ2) is 7.61. The maximum absolute atomic E-state index is 12.9. The Morgan fingerprint density at radius 3 is 2.52 bits per heavy atom. The number of furan rings is 1. The lowest BCUT2D eigenvalue weighted by Gasteiger charge is -2.12. The van der Waals surface area contributed by atoms with Crippen LogP contribution in [0.5, 0.6) is 5.75 Å². The van der Waals surface area contributed by atoms with E-state index in [1.165, 1.54) is 12.1 Å². The first-order valence-electron chi connectivity index (χ1n) is 7.49. The molecule has 23 heavy (non-hydrogen) atoms. The van der Waals surface area contributed by atoms with Gasteiger partial charge < -0.3 is 14.5 Å². The summed E-state index contributed by atoms with van der Waals surface area (Å²) in [5.74, 6) is 1.48. The normalized spacial score (nSPS) is 10.7. The number of benzene rings is 2. The zero-order valence-corrected chi connectivity index (χ0v) is 12.7. The summed E-state index contributed by atoms with van der Waals surface area (Å²) in [5, 5.41) is 3.33. The van der Waals surface area contributed by atoms with E-state index in [4.69, 9.17) is 9.15 Å². The summed E-state index contributed by atoms with van der Waals surface area (Å²) < 4.78 is 24.1. The van der Waals surface area contributed by atoms with E-state index in [1.54, 1.807) is 18.4 Å². The molecule has 1 N–H and O–H groups in total. The molecule has 0 aliphatic heterocycles. The fourth-order valence-electron chi connectivity index (χ4n) is 2.27. The van der Waals surface area contributed by atoms with Crippen molar-refractivity contribution in [1.29, 1.82) is 0 Å². The summed E-state index contributed by atoms with van der Waals surface area (Å²) in [4.78, 5) is 0. The molecule has 1 heterocycles. The molecule has 0 atom stereocenters. The highest BCUT2D eigenvalue weighted by molar-refractivity contribution is 5.33. The quantitative estimate of drug-likeness (QED) is 0.707. The first-order valence-corrected chi connectivity index (χ1v) is 7.49.